The molecule has 0 spiro atoms. The fourth-order valence-corrected chi connectivity index (χ4v) is 3.24. The van der Waals surface area contributed by atoms with E-state index in [0.29, 0.717) is 19.1 Å². The van der Waals surface area contributed by atoms with Crippen molar-refractivity contribution in [3.8, 4) is 5.75 Å². The zero-order valence-corrected chi connectivity index (χ0v) is 18.5. The van der Waals surface area contributed by atoms with Crippen molar-refractivity contribution in [2.24, 2.45) is 0 Å². The Kier molecular flexibility index (Phi) is 9.39. The van der Waals surface area contributed by atoms with Gasteiger partial charge in [0.15, 0.2) is 6.10 Å². The van der Waals surface area contributed by atoms with Crippen LogP contribution in [0.4, 0.5) is 0 Å². The van der Waals surface area contributed by atoms with Gasteiger partial charge in [-0.15, -0.1) is 0 Å². The summed E-state index contributed by atoms with van der Waals surface area (Å²) >= 11 is 0. The molecule has 0 heterocycles. The molecular formula is C25H33NO4. The van der Waals surface area contributed by atoms with E-state index in [0.717, 1.165) is 23.3 Å². The zero-order chi connectivity index (χ0) is 21.9. The molecule has 2 aromatic carbocycles. The van der Waals surface area contributed by atoms with E-state index in [2.05, 4.69) is 13.8 Å². The molecule has 0 fully saturated rings. The van der Waals surface area contributed by atoms with Crippen LogP contribution in [0.5, 0.6) is 5.75 Å². The van der Waals surface area contributed by atoms with E-state index in [4.69, 9.17) is 9.47 Å². The van der Waals surface area contributed by atoms with Crippen molar-refractivity contribution >= 4 is 11.9 Å². The summed E-state index contributed by atoms with van der Waals surface area (Å²) in [5, 5.41) is 0. The van der Waals surface area contributed by atoms with Gasteiger partial charge in [0.1, 0.15) is 5.75 Å². The molecule has 0 aliphatic carbocycles. The quantitative estimate of drug-likeness (QED) is 0.491. The smallest absolute Gasteiger partial charge is 0.307 e. The van der Waals surface area contributed by atoms with Crippen LogP contribution in [-0.2, 0) is 20.9 Å². The van der Waals surface area contributed by atoms with E-state index < -0.39 is 6.10 Å². The Hall–Kier alpha value is -2.82. The largest absolute Gasteiger partial charge is 0.481 e. The molecule has 0 saturated heterocycles. The third-order valence-corrected chi connectivity index (χ3v) is 5.13. The number of esters is 1. The third kappa shape index (κ3) is 6.90. The van der Waals surface area contributed by atoms with Gasteiger partial charge in [0.25, 0.3) is 5.91 Å². The van der Waals surface area contributed by atoms with E-state index in [1.807, 2.05) is 54.6 Å². The van der Waals surface area contributed by atoms with Crippen LogP contribution in [0.15, 0.2) is 54.6 Å². The average Bonchev–Trinajstić information content (AvgIpc) is 2.76. The molecule has 5 heteroatoms. The summed E-state index contributed by atoms with van der Waals surface area (Å²) in [6.45, 7) is 8.85. The van der Waals surface area contributed by atoms with E-state index >= 15 is 0 Å². The maximum Gasteiger partial charge on any atom is 0.307 e. The minimum Gasteiger partial charge on any atom is -0.481 e. The van der Waals surface area contributed by atoms with Crippen LogP contribution >= 0.6 is 0 Å². The first-order chi connectivity index (χ1) is 14.5. The summed E-state index contributed by atoms with van der Waals surface area (Å²) in [6.07, 6.45) is 0.478. The van der Waals surface area contributed by atoms with Gasteiger partial charge in [-0.05, 0) is 43.4 Å². The predicted molar refractivity (Wildman–Crippen MR) is 118 cm³/mol. The lowest BCUT2D eigenvalue weighted by Crippen LogP contribution is -2.41. The topological polar surface area (TPSA) is 55.8 Å². The van der Waals surface area contributed by atoms with Crippen LogP contribution in [-0.4, -0.2) is 36.0 Å². The summed E-state index contributed by atoms with van der Waals surface area (Å²) in [6, 6.07) is 17.6. The highest BCUT2D eigenvalue weighted by Crippen LogP contribution is 2.29. The standard InChI is InChI=1S/C25H33NO4/c1-5-19(3)22-14-10-11-15-23(22)30-20(4)25(28)26(17-16-24(27)29-6-2)18-21-12-8-7-9-13-21/h7-15,19-20H,5-6,16-18H2,1-4H3. The second-order valence-electron chi connectivity index (χ2n) is 7.41. The lowest BCUT2D eigenvalue weighted by Gasteiger charge is -2.27. The number of ether oxygens (including phenoxy) is 2. The lowest BCUT2D eigenvalue weighted by atomic mass is 9.98. The van der Waals surface area contributed by atoms with Crippen molar-refractivity contribution in [3.05, 3.63) is 65.7 Å². The number of nitrogens with zero attached hydrogens (tertiary/aromatic N) is 1. The fourth-order valence-electron chi connectivity index (χ4n) is 3.24. The van der Waals surface area contributed by atoms with Crippen LogP contribution in [0, 0.1) is 0 Å². The van der Waals surface area contributed by atoms with E-state index in [1.54, 1.807) is 18.7 Å². The summed E-state index contributed by atoms with van der Waals surface area (Å²) < 4.78 is 11.1. The highest BCUT2D eigenvalue weighted by atomic mass is 16.5. The molecule has 0 aliphatic heterocycles. The molecule has 0 N–H and O–H groups in total. The van der Waals surface area contributed by atoms with Crippen LogP contribution in [0.2, 0.25) is 0 Å². The van der Waals surface area contributed by atoms with Crippen LogP contribution in [0.25, 0.3) is 0 Å². The van der Waals surface area contributed by atoms with E-state index in [9.17, 15) is 9.59 Å². The molecule has 2 rings (SSSR count). The SMILES string of the molecule is CCOC(=O)CCN(Cc1ccccc1)C(=O)C(C)Oc1ccccc1C(C)CC. The molecule has 2 atom stereocenters. The molecule has 2 unspecified atom stereocenters. The minimum atomic E-state index is -0.666. The molecule has 2 aromatic rings. The Balaban J connectivity index is 2.14. The Morgan fingerprint density at radius 2 is 1.63 bits per heavy atom. The van der Waals surface area contributed by atoms with Gasteiger partial charge in [-0.2, -0.15) is 0 Å². The molecular weight excluding hydrogens is 378 g/mol. The molecule has 30 heavy (non-hydrogen) atoms. The monoisotopic (exact) mass is 411 g/mol. The number of hydrogen-bond acceptors (Lipinski definition) is 4. The number of hydrogen-bond donors (Lipinski definition) is 0. The number of carbonyl (C=O) groups excluding carboxylic acids is 2. The number of para-hydroxylation sites is 1. The van der Waals surface area contributed by atoms with Crippen molar-refractivity contribution in [3.63, 3.8) is 0 Å². The van der Waals surface area contributed by atoms with Gasteiger partial charge in [0.2, 0.25) is 0 Å². The van der Waals surface area contributed by atoms with E-state index in [1.165, 1.54) is 0 Å². The first-order valence-electron chi connectivity index (χ1n) is 10.7. The van der Waals surface area contributed by atoms with Gasteiger partial charge in [-0.25, -0.2) is 0 Å². The highest BCUT2D eigenvalue weighted by Gasteiger charge is 2.24. The lowest BCUT2D eigenvalue weighted by molar-refractivity contribution is -0.145. The fraction of sp³-hybridized carbons (Fsp3) is 0.440. The van der Waals surface area contributed by atoms with Gasteiger partial charge >= 0.3 is 5.97 Å². The van der Waals surface area contributed by atoms with E-state index in [-0.39, 0.29) is 24.8 Å². The number of rotatable bonds is 11. The Morgan fingerprint density at radius 3 is 2.30 bits per heavy atom. The van der Waals surface area contributed by atoms with Crippen molar-refractivity contribution in [2.75, 3.05) is 13.2 Å². The predicted octanol–water partition coefficient (Wildman–Crippen LogP) is 4.95. The average molecular weight is 412 g/mol. The van der Waals surface area contributed by atoms with Crippen LogP contribution in [0.3, 0.4) is 0 Å². The van der Waals surface area contributed by atoms with Crippen molar-refractivity contribution < 1.29 is 19.1 Å². The molecule has 1 amide bonds. The van der Waals surface area contributed by atoms with Crippen molar-refractivity contribution in [1.82, 2.24) is 4.90 Å². The molecule has 5 nitrogen and oxygen atoms in total. The minimum absolute atomic E-state index is 0.151. The van der Waals surface area contributed by atoms with Crippen LogP contribution in [0.1, 0.15) is 57.6 Å². The number of benzene rings is 2. The molecule has 162 valence electrons. The summed E-state index contributed by atoms with van der Waals surface area (Å²) in [4.78, 5) is 26.7. The molecule has 0 aromatic heterocycles. The summed E-state index contributed by atoms with van der Waals surface area (Å²) in [5.41, 5.74) is 2.10. The highest BCUT2D eigenvalue weighted by molar-refractivity contribution is 5.81. The second kappa shape index (κ2) is 12.0. The summed E-state index contributed by atoms with van der Waals surface area (Å²) in [7, 11) is 0. The van der Waals surface area contributed by atoms with Crippen LogP contribution < -0.4 is 4.74 Å². The van der Waals surface area contributed by atoms with Gasteiger partial charge < -0.3 is 14.4 Å². The van der Waals surface area contributed by atoms with Crippen molar-refractivity contribution in [2.45, 2.75) is 59.1 Å². The number of carbonyl (C=O) groups is 2. The molecule has 0 radical (unpaired) electrons. The Morgan fingerprint density at radius 1 is 0.967 bits per heavy atom. The first kappa shape index (κ1) is 23.5. The normalized spacial score (nSPS) is 12.7. The first-order valence-corrected chi connectivity index (χ1v) is 10.7. The molecule has 0 saturated carbocycles. The van der Waals surface area contributed by atoms with Gasteiger partial charge in [-0.1, -0.05) is 62.4 Å². The maximum atomic E-state index is 13.2. The number of amides is 1. The molecule has 0 aliphatic rings. The zero-order valence-electron chi connectivity index (χ0n) is 18.5. The third-order valence-electron chi connectivity index (χ3n) is 5.13. The second-order valence-corrected chi connectivity index (χ2v) is 7.41. The molecule has 0 bridgehead atoms. The van der Waals surface area contributed by atoms with Gasteiger partial charge in [0.05, 0.1) is 13.0 Å². The summed E-state index contributed by atoms with van der Waals surface area (Å²) in [5.74, 6) is 0.617. The Labute approximate surface area is 180 Å². The van der Waals surface area contributed by atoms with Gasteiger partial charge in [0, 0.05) is 13.1 Å². The van der Waals surface area contributed by atoms with Crippen molar-refractivity contribution in [1.29, 1.82) is 0 Å². The maximum absolute atomic E-state index is 13.2. The Bertz CT molecular complexity index is 806. The van der Waals surface area contributed by atoms with Gasteiger partial charge in [-0.3, -0.25) is 9.59 Å².